The van der Waals surface area contributed by atoms with Crippen LogP contribution < -0.4 is 5.32 Å². The monoisotopic (exact) mass is 244 g/mol. The molecule has 2 nitrogen and oxygen atoms in total. The standard InChI is InChI=1S/C16H24N2/c1-2-10-18-11-4-5-13(12-18)14-6-3-7-16-15(14)8-9-17-16/h3,6-7,13,17H,2,4-5,8-12H2,1H3. The van der Waals surface area contributed by atoms with Gasteiger partial charge in [0.25, 0.3) is 0 Å². The lowest BCUT2D eigenvalue weighted by Gasteiger charge is -2.33. The van der Waals surface area contributed by atoms with Crippen molar-refractivity contribution >= 4 is 5.69 Å². The third kappa shape index (κ3) is 2.26. The van der Waals surface area contributed by atoms with E-state index in [1.807, 2.05) is 0 Å². The van der Waals surface area contributed by atoms with Crippen LogP contribution in [0, 0.1) is 0 Å². The molecule has 0 aliphatic carbocycles. The van der Waals surface area contributed by atoms with E-state index in [9.17, 15) is 0 Å². The highest BCUT2D eigenvalue weighted by molar-refractivity contribution is 5.59. The molecule has 0 bridgehead atoms. The van der Waals surface area contributed by atoms with Crippen LogP contribution in [0.15, 0.2) is 18.2 Å². The van der Waals surface area contributed by atoms with Gasteiger partial charge in [0.05, 0.1) is 0 Å². The van der Waals surface area contributed by atoms with Crippen LogP contribution >= 0.6 is 0 Å². The molecule has 1 aromatic rings. The Balaban J connectivity index is 1.80. The first kappa shape index (κ1) is 12.0. The highest BCUT2D eigenvalue weighted by atomic mass is 15.1. The molecular weight excluding hydrogens is 220 g/mol. The summed E-state index contributed by atoms with van der Waals surface area (Å²) in [5, 5.41) is 3.50. The number of likely N-dealkylation sites (tertiary alicyclic amines) is 1. The third-order valence-corrected chi connectivity index (χ3v) is 4.39. The van der Waals surface area contributed by atoms with E-state index in [0.717, 1.165) is 12.5 Å². The van der Waals surface area contributed by atoms with Crippen molar-refractivity contribution in [1.82, 2.24) is 4.90 Å². The van der Waals surface area contributed by atoms with Crippen molar-refractivity contribution in [3.05, 3.63) is 29.3 Å². The van der Waals surface area contributed by atoms with Crippen LogP contribution in [0.1, 0.15) is 43.2 Å². The molecule has 1 aromatic carbocycles. The molecule has 0 aromatic heterocycles. The summed E-state index contributed by atoms with van der Waals surface area (Å²) in [4.78, 5) is 2.65. The quantitative estimate of drug-likeness (QED) is 0.878. The number of fused-ring (bicyclic) bond motifs is 1. The first-order chi connectivity index (χ1) is 8.88. The second-order valence-electron chi connectivity index (χ2n) is 5.69. The Hall–Kier alpha value is -1.02. The molecule has 0 saturated carbocycles. The van der Waals surface area contributed by atoms with Crippen LogP contribution in [0.4, 0.5) is 5.69 Å². The first-order valence-electron chi connectivity index (χ1n) is 7.46. The summed E-state index contributed by atoms with van der Waals surface area (Å²) in [5.41, 5.74) is 4.61. The van der Waals surface area contributed by atoms with Gasteiger partial charge in [0.2, 0.25) is 0 Å². The number of nitrogens with one attached hydrogen (secondary N) is 1. The normalized spacial score (nSPS) is 23.7. The minimum atomic E-state index is 0.764. The van der Waals surface area contributed by atoms with Crippen molar-refractivity contribution in [2.75, 3.05) is 31.5 Å². The van der Waals surface area contributed by atoms with Gasteiger partial charge in [0, 0.05) is 18.8 Å². The molecule has 2 heteroatoms. The maximum Gasteiger partial charge on any atom is 0.0376 e. The van der Waals surface area contributed by atoms with Crippen molar-refractivity contribution in [3.8, 4) is 0 Å². The smallest absolute Gasteiger partial charge is 0.0376 e. The molecule has 1 fully saturated rings. The van der Waals surface area contributed by atoms with Gasteiger partial charge in [-0.2, -0.15) is 0 Å². The summed E-state index contributed by atoms with van der Waals surface area (Å²) in [6, 6.07) is 6.83. The third-order valence-electron chi connectivity index (χ3n) is 4.39. The molecule has 3 rings (SSSR count). The lowest BCUT2D eigenvalue weighted by Crippen LogP contribution is -2.35. The van der Waals surface area contributed by atoms with Crippen molar-refractivity contribution in [3.63, 3.8) is 0 Å². The van der Waals surface area contributed by atoms with Crippen molar-refractivity contribution in [1.29, 1.82) is 0 Å². The van der Waals surface area contributed by atoms with Gasteiger partial charge in [-0.25, -0.2) is 0 Å². The van der Waals surface area contributed by atoms with Gasteiger partial charge in [-0.1, -0.05) is 19.1 Å². The molecule has 18 heavy (non-hydrogen) atoms. The minimum absolute atomic E-state index is 0.764. The highest BCUT2D eigenvalue weighted by Gasteiger charge is 2.24. The van der Waals surface area contributed by atoms with Crippen LogP contribution in [-0.2, 0) is 6.42 Å². The molecular formula is C16H24N2. The maximum atomic E-state index is 3.50. The Morgan fingerprint density at radius 2 is 2.33 bits per heavy atom. The largest absolute Gasteiger partial charge is 0.384 e. The van der Waals surface area contributed by atoms with Crippen LogP contribution in [-0.4, -0.2) is 31.1 Å². The molecule has 0 spiro atoms. The number of anilines is 1. The van der Waals surface area contributed by atoms with Crippen molar-refractivity contribution in [2.24, 2.45) is 0 Å². The maximum absolute atomic E-state index is 3.50. The van der Waals surface area contributed by atoms with Crippen molar-refractivity contribution in [2.45, 2.75) is 38.5 Å². The molecule has 2 aliphatic rings. The zero-order chi connectivity index (χ0) is 12.4. The summed E-state index contributed by atoms with van der Waals surface area (Å²) < 4.78 is 0. The lowest BCUT2D eigenvalue weighted by atomic mass is 9.86. The first-order valence-corrected chi connectivity index (χ1v) is 7.46. The summed E-state index contributed by atoms with van der Waals surface area (Å²) in [7, 11) is 0. The van der Waals surface area contributed by atoms with Crippen LogP contribution in [0.5, 0.6) is 0 Å². The predicted molar refractivity (Wildman–Crippen MR) is 77.3 cm³/mol. The Bertz CT molecular complexity index is 412. The molecule has 0 radical (unpaired) electrons. The molecule has 1 saturated heterocycles. The van der Waals surface area contributed by atoms with E-state index >= 15 is 0 Å². The van der Waals surface area contributed by atoms with E-state index < -0.39 is 0 Å². The second kappa shape index (κ2) is 5.31. The zero-order valence-electron chi connectivity index (χ0n) is 11.4. The molecule has 0 amide bonds. The van der Waals surface area contributed by atoms with E-state index in [2.05, 4.69) is 35.3 Å². The predicted octanol–water partition coefficient (Wildman–Crippen LogP) is 3.24. The summed E-state index contributed by atoms with van der Waals surface area (Å²) >= 11 is 0. The van der Waals surface area contributed by atoms with Crippen LogP contribution in [0.2, 0.25) is 0 Å². The van der Waals surface area contributed by atoms with E-state index in [-0.39, 0.29) is 0 Å². The molecule has 1 atom stereocenters. The lowest BCUT2D eigenvalue weighted by molar-refractivity contribution is 0.208. The SMILES string of the molecule is CCCN1CCCC(c2cccc3c2CCN3)C1. The number of benzene rings is 1. The van der Waals surface area contributed by atoms with Gasteiger partial charge >= 0.3 is 0 Å². The zero-order valence-corrected chi connectivity index (χ0v) is 11.4. The number of rotatable bonds is 3. The van der Waals surface area contributed by atoms with E-state index in [0.29, 0.717) is 0 Å². The Morgan fingerprint density at radius 1 is 1.39 bits per heavy atom. The highest BCUT2D eigenvalue weighted by Crippen LogP contribution is 2.34. The van der Waals surface area contributed by atoms with E-state index in [4.69, 9.17) is 0 Å². The van der Waals surface area contributed by atoms with E-state index in [1.165, 1.54) is 51.0 Å². The average molecular weight is 244 g/mol. The number of hydrogen-bond donors (Lipinski definition) is 1. The minimum Gasteiger partial charge on any atom is -0.384 e. The fourth-order valence-electron chi connectivity index (χ4n) is 3.58. The summed E-state index contributed by atoms with van der Waals surface area (Å²) in [6.07, 6.45) is 5.23. The van der Waals surface area contributed by atoms with Crippen LogP contribution in [0.25, 0.3) is 0 Å². The van der Waals surface area contributed by atoms with Gasteiger partial charge < -0.3 is 10.2 Å². The fourth-order valence-corrected chi connectivity index (χ4v) is 3.58. The number of hydrogen-bond acceptors (Lipinski definition) is 2. The summed E-state index contributed by atoms with van der Waals surface area (Å²) in [5.74, 6) is 0.764. The molecule has 2 aliphatic heterocycles. The number of nitrogens with zero attached hydrogens (tertiary/aromatic N) is 1. The van der Waals surface area contributed by atoms with E-state index in [1.54, 1.807) is 11.1 Å². The Kier molecular flexibility index (Phi) is 3.55. The van der Waals surface area contributed by atoms with Gasteiger partial charge in [-0.15, -0.1) is 0 Å². The average Bonchev–Trinajstić information content (AvgIpc) is 2.87. The van der Waals surface area contributed by atoms with Crippen molar-refractivity contribution < 1.29 is 0 Å². The van der Waals surface area contributed by atoms with Crippen LogP contribution in [0.3, 0.4) is 0 Å². The second-order valence-corrected chi connectivity index (χ2v) is 5.69. The number of piperidine rings is 1. The van der Waals surface area contributed by atoms with Gasteiger partial charge in [-0.05, 0) is 61.9 Å². The topological polar surface area (TPSA) is 15.3 Å². The summed E-state index contributed by atoms with van der Waals surface area (Å²) in [6.45, 7) is 7.25. The van der Waals surface area contributed by atoms with Gasteiger partial charge in [0.15, 0.2) is 0 Å². The fraction of sp³-hybridized carbons (Fsp3) is 0.625. The molecule has 1 unspecified atom stereocenters. The Morgan fingerprint density at radius 3 is 3.22 bits per heavy atom. The van der Waals surface area contributed by atoms with Gasteiger partial charge in [-0.3, -0.25) is 0 Å². The molecule has 98 valence electrons. The molecule has 1 N–H and O–H groups in total. The Labute approximate surface area is 110 Å². The van der Waals surface area contributed by atoms with Gasteiger partial charge in [0.1, 0.15) is 0 Å². The molecule has 2 heterocycles.